The summed E-state index contributed by atoms with van der Waals surface area (Å²) in [6.45, 7) is 4.20. The van der Waals surface area contributed by atoms with Crippen LogP contribution in [0.1, 0.15) is 31.7 Å². The number of amides is 1. The Morgan fingerprint density at radius 3 is 2.50 bits per heavy atom. The number of carbonyl (C=O) groups is 1. The summed E-state index contributed by atoms with van der Waals surface area (Å²) in [4.78, 5) is 25.0. The van der Waals surface area contributed by atoms with Gasteiger partial charge in [0.1, 0.15) is 17.1 Å². The Morgan fingerprint density at radius 2 is 1.76 bits per heavy atom. The van der Waals surface area contributed by atoms with E-state index >= 15 is 0 Å². The fourth-order valence-corrected chi connectivity index (χ4v) is 3.72. The van der Waals surface area contributed by atoms with Gasteiger partial charge in [0, 0.05) is 22.7 Å². The van der Waals surface area contributed by atoms with Crippen LogP contribution >= 0.6 is 0 Å². The highest BCUT2D eigenvalue weighted by Gasteiger charge is 2.14. The van der Waals surface area contributed by atoms with Crippen molar-refractivity contribution >= 4 is 22.6 Å². The first-order valence-corrected chi connectivity index (χ1v) is 11.2. The number of methoxy groups -OCH3 is 1. The third kappa shape index (κ3) is 5.12. The molecule has 0 saturated heterocycles. The predicted molar refractivity (Wildman–Crippen MR) is 134 cm³/mol. The highest BCUT2D eigenvalue weighted by Crippen LogP contribution is 2.32. The maximum atomic E-state index is 12.6. The van der Waals surface area contributed by atoms with Gasteiger partial charge in [-0.3, -0.25) is 4.79 Å². The van der Waals surface area contributed by atoms with Crippen LogP contribution in [0.5, 0.6) is 11.5 Å². The van der Waals surface area contributed by atoms with E-state index in [9.17, 15) is 9.59 Å². The smallest absolute Gasteiger partial charge is 0.344 e. The molecule has 0 radical (unpaired) electrons. The predicted octanol–water partition coefficient (Wildman–Crippen LogP) is 6.00. The number of nitrogens with one attached hydrogen (secondary N) is 1. The van der Waals surface area contributed by atoms with Crippen LogP contribution in [0.25, 0.3) is 22.1 Å². The van der Waals surface area contributed by atoms with E-state index < -0.39 is 5.63 Å². The fraction of sp³-hybridized carbons (Fsp3) is 0.214. The molecule has 0 aliphatic rings. The summed E-state index contributed by atoms with van der Waals surface area (Å²) in [7, 11) is 1.51. The van der Waals surface area contributed by atoms with Gasteiger partial charge in [0.15, 0.2) is 6.61 Å². The largest absolute Gasteiger partial charge is 0.496 e. The molecule has 174 valence electrons. The van der Waals surface area contributed by atoms with E-state index in [2.05, 4.69) is 19.2 Å². The first kappa shape index (κ1) is 23.1. The summed E-state index contributed by atoms with van der Waals surface area (Å²) < 4.78 is 16.6. The van der Waals surface area contributed by atoms with Crippen molar-refractivity contribution in [2.75, 3.05) is 19.0 Å². The molecule has 4 aromatic rings. The van der Waals surface area contributed by atoms with Crippen molar-refractivity contribution in [2.45, 2.75) is 26.2 Å². The Hall–Kier alpha value is -4.06. The van der Waals surface area contributed by atoms with E-state index in [0.29, 0.717) is 39.8 Å². The molecule has 0 unspecified atom stereocenters. The Kier molecular flexibility index (Phi) is 6.97. The topological polar surface area (TPSA) is 77.8 Å². The number of carbonyl (C=O) groups excluding carboxylic acids is 1. The molecular formula is C28H27NO5. The van der Waals surface area contributed by atoms with E-state index in [1.54, 1.807) is 30.3 Å². The molecule has 6 nitrogen and oxygen atoms in total. The second kappa shape index (κ2) is 10.3. The monoisotopic (exact) mass is 457 g/mol. The number of hydrogen-bond donors (Lipinski definition) is 1. The molecule has 1 aromatic heterocycles. The maximum absolute atomic E-state index is 12.6. The van der Waals surface area contributed by atoms with E-state index in [0.717, 1.165) is 11.8 Å². The molecule has 3 aromatic carbocycles. The second-order valence-electron chi connectivity index (χ2n) is 8.12. The molecule has 6 heteroatoms. The van der Waals surface area contributed by atoms with Gasteiger partial charge in [-0.15, -0.1) is 0 Å². The van der Waals surface area contributed by atoms with Crippen LogP contribution in [0.3, 0.4) is 0 Å². The van der Waals surface area contributed by atoms with Gasteiger partial charge >= 0.3 is 5.63 Å². The highest BCUT2D eigenvalue weighted by molar-refractivity contribution is 5.93. The summed E-state index contributed by atoms with van der Waals surface area (Å²) in [5.74, 6) is 1.27. The average molecular weight is 458 g/mol. The Balaban J connectivity index is 1.46. The van der Waals surface area contributed by atoms with Crippen molar-refractivity contribution in [1.82, 2.24) is 0 Å². The first-order valence-electron chi connectivity index (χ1n) is 11.2. The second-order valence-corrected chi connectivity index (χ2v) is 8.12. The number of anilines is 1. The van der Waals surface area contributed by atoms with Gasteiger partial charge in [-0.2, -0.15) is 0 Å². The fourth-order valence-electron chi connectivity index (χ4n) is 3.72. The van der Waals surface area contributed by atoms with Crippen LogP contribution in [-0.4, -0.2) is 19.6 Å². The lowest BCUT2D eigenvalue weighted by Crippen LogP contribution is -2.20. The van der Waals surface area contributed by atoms with Gasteiger partial charge in [0.05, 0.1) is 12.7 Å². The molecule has 4 rings (SSSR count). The van der Waals surface area contributed by atoms with Gasteiger partial charge in [-0.1, -0.05) is 44.2 Å². The highest BCUT2D eigenvalue weighted by atomic mass is 16.5. The average Bonchev–Trinajstić information content (AvgIpc) is 2.87. The lowest BCUT2D eigenvalue weighted by atomic mass is 9.99. The molecule has 1 heterocycles. The molecule has 1 N–H and O–H groups in total. The Bertz CT molecular complexity index is 1360. The Morgan fingerprint density at radius 1 is 1.00 bits per heavy atom. The van der Waals surface area contributed by atoms with Crippen molar-refractivity contribution in [3.63, 3.8) is 0 Å². The molecule has 0 aliphatic carbocycles. The van der Waals surface area contributed by atoms with Crippen LogP contribution in [0.2, 0.25) is 0 Å². The van der Waals surface area contributed by atoms with E-state index in [-0.39, 0.29) is 12.5 Å². The summed E-state index contributed by atoms with van der Waals surface area (Å²) in [6.07, 6.45) is 1.07. The van der Waals surface area contributed by atoms with Crippen molar-refractivity contribution in [1.29, 1.82) is 0 Å². The number of para-hydroxylation sites is 1. The van der Waals surface area contributed by atoms with E-state index in [1.807, 2.05) is 42.5 Å². The Labute approximate surface area is 198 Å². The van der Waals surface area contributed by atoms with Crippen molar-refractivity contribution < 1.29 is 18.7 Å². The number of rotatable bonds is 8. The van der Waals surface area contributed by atoms with Crippen LogP contribution in [0.15, 0.2) is 82.0 Å². The van der Waals surface area contributed by atoms with Gasteiger partial charge in [-0.25, -0.2) is 4.79 Å². The molecular weight excluding hydrogens is 430 g/mol. The van der Waals surface area contributed by atoms with Crippen molar-refractivity contribution in [2.24, 2.45) is 0 Å². The minimum atomic E-state index is -0.457. The molecule has 0 spiro atoms. The first-order chi connectivity index (χ1) is 16.5. The normalized spacial score (nSPS) is 11.7. The summed E-state index contributed by atoms with van der Waals surface area (Å²) >= 11 is 0. The molecule has 0 fully saturated rings. The lowest BCUT2D eigenvalue weighted by molar-refractivity contribution is -0.118. The van der Waals surface area contributed by atoms with E-state index in [4.69, 9.17) is 13.9 Å². The standard InChI is InChI=1S/C28H27NO5/c1-4-18(2)19-9-12-22(13-10-19)33-17-27(30)29-21-11-14-23(26(16-21)32-3)24-15-20-7-5-6-8-25(20)34-28(24)31/h5-16,18H,4,17H2,1-3H3,(H,29,30)/t18-/m0/s1. The van der Waals surface area contributed by atoms with Gasteiger partial charge in [-0.05, 0) is 54.3 Å². The SMILES string of the molecule is CC[C@H](C)c1ccc(OCC(=O)Nc2ccc(-c3cc4ccccc4oc3=O)c(OC)c2)cc1. The molecule has 1 atom stereocenters. The van der Waals surface area contributed by atoms with Crippen LogP contribution in [0.4, 0.5) is 5.69 Å². The number of hydrogen-bond acceptors (Lipinski definition) is 5. The maximum Gasteiger partial charge on any atom is 0.344 e. The van der Waals surface area contributed by atoms with Gasteiger partial charge < -0.3 is 19.2 Å². The van der Waals surface area contributed by atoms with Gasteiger partial charge in [0.2, 0.25) is 0 Å². The number of ether oxygens (including phenoxy) is 2. The lowest BCUT2D eigenvalue weighted by Gasteiger charge is -2.13. The minimum absolute atomic E-state index is 0.124. The van der Waals surface area contributed by atoms with E-state index in [1.165, 1.54) is 12.7 Å². The quantitative estimate of drug-likeness (QED) is 0.328. The van der Waals surface area contributed by atoms with Crippen molar-refractivity contribution in [3.05, 3.63) is 88.8 Å². The van der Waals surface area contributed by atoms with Crippen molar-refractivity contribution in [3.8, 4) is 22.6 Å². The number of benzene rings is 3. The zero-order valence-corrected chi connectivity index (χ0v) is 19.5. The summed E-state index contributed by atoms with van der Waals surface area (Å²) in [5.41, 5.74) is 2.81. The zero-order chi connectivity index (χ0) is 24.1. The summed E-state index contributed by atoms with van der Waals surface area (Å²) in [6, 6.07) is 22.0. The third-order valence-electron chi connectivity index (χ3n) is 5.85. The molecule has 0 bridgehead atoms. The zero-order valence-electron chi connectivity index (χ0n) is 19.5. The molecule has 0 aliphatic heterocycles. The van der Waals surface area contributed by atoms with Crippen LogP contribution < -0.4 is 20.4 Å². The summed E-state index contributed by atoms with van der Waals surface area (Å²) in [5, 5.41) is 3.61. The third-order valence-corrected chi connectivity index (χ3v) is 5.85. The molecule has 1 amide bonds. The molecule has 34 heavy (non-hydrogen) atoms. The van der Waals surface area contributed by atoms with Crippen LogP contribution in [0, 0.1) is 0 Å². The van der Waals surface area contributed by atoms with Crippen LogP contribution in [-0.2, 0) is 4.79 Å². The minimum Gasteiger partial charge on any atom is -0.496 e. The molecule has 0 saturated carbocycles. The number of fused-ring (bicyclic) bond motifs is 1. The van der Waals surface area contributed by atoms with Gasteiger partial charge in [0.25, 0.3) is 5.91 Å².